The molecule has 0 saturated carbocycles. The first kappa shape index (κ1) is 18.1. The van der Waals surface area contributed by atoms with E-state index in [2.05, 4.69) is 6.07 Å². The third kappa shape index (κ3) is 3.20. The zero-order chi connectivity index (χ0) is 18.9. The summed E-state index contributed by atoms with van der Waals surface area (Å²) in [6, 6.07) is 9.92. The smallest absolute Gasteiger partial charge is 0.335 e. The van der Waals surface area contributed by atoms with Crippen LogP contribution in [0.5, 0.6) is 0 Å². The Labute approximate surface area is 150 Å². The number of nitrogens with two attached hydrogens (primary N) is 1. The SMILES string of the molecule is Cn1c(=O)cc([N+]2([O-])CCC[C@@H](N)C2)n(Cc2ccccc2C#N)c1=O. The Bertz CT molecular complexity index is 988. The fourth-order valence-electron chi connectivity index (χ4n) is 3.46. The second-order valence-electron chi connectivity index (χ2n) is 6.74. The van der Waals surface area contributed by atoms with Crippen molar-refractivity contribution in [3.05, 3.63) is 67.5 Å². The van der Waals surface area contributed by atoms with Gasteiger partial charge in [-0.05, 0) is 24.5 Å². The molecular formula is C18H21N5O3. The summed E-state index contributed by atoms with van der Waals surface area (Å²) in [5, 5.41) is 22.7. The van der Waals surface area contributed by atoms with Crippen LogP contribution < -0.4 is 21.6 Å². The Morgan fingerprint density at radius 2 is 2.12 bits per heavy atom. The van der Waals surface area contributed by atoms with Crippen molar-refractivity contribution in [1.82, 2.24) is 13.8 Å². The fourth-order valence-corrected chi connectivity index (χ4v) is 3.46. The Balaban J connectivity index is 2.18. The highest BCUT2D eigenvalue weighted by Gasteiger charge is 2.32. The first-order valence-corrected chi connectivity index (χ1v) is 8.49. The van der Waals surface area contributed by atoms with E-state index in [1.165, 1.54) is 17.7 Å². The molecule has 0 amide bonds. The van der Waals surface area contributed by atoms with Gasteiger partial charge in [-0.2, -0.15) is 5.26 Å². The summed E-state index contributed by atoms with van der Waals surface area (Å²) in [6.07, 6.45) is 1.37. The number of hydrogen-bond donors (Lipinski definition) is 1. The Hall–Kier alpha value is -2.73. The van der Waals surface area contributed by atoms with E-state index < -0.39 is 15.9 Å². The number of hydrogen-bond acceptors (Lipinski definition) is 5. The molecule has 0 bridgehead atoms. The molecule has 1 aromatic carbocycles. The van der Waals surface area contributed by atoms with Gasteiger partial charge in [0.05, 0.1) is 43.4 Å². The topological polar surface area (TPSA) is 117 Å². The van der Waals surface area contributed by atoms with Crippen molar-refractivity contribution in [1.29, 1.82) is 5.26 Å². The van der Waals surface area contributed by atoms with Crippen molar-refractivity contribution >= 4 is 5.82 Å². The predicted octanol–water partition coefficient (Wildman–Crippen LogP) is 0.393. The van der Waals surface area contributed by atoms with E-state index in [0.717, 1.165) is 11.0 Å². The van der Waals surface area contributed by atoms with E-state index >= 15 is 0 Å². The third-order valence-corrected chi connectivity index (χ3v) is 4.88. The van der Waals surface area contributed by atoms with Crippen molar-refractivity contribution < 1.29 is 0 Å². The molecule has 0 radical (unpaired) electrons. The highest BCUT2D eigenvalue weighted by molar-refractivity contribution is 5.41. The molecule has 136 valence electrons. The van der Waals surface area contributed by atoms with Gasteiger partial charge in [-0.3, -0.25) is 9.36 Å². The zero-order valence-corrected chi connectivity index (χ0v) is 14.6. The van der Waals surface area contributed by atoms with Gasteiger partial charge in [-0.15, -0.1) is 0 Å². The number of hydroxylamine groups is 2. The summed E-state index contributed by atoms with van der Waals surface area (Å²) < 4.78 is 1.46. The summed E-state index contributed by atoms with van der Waals surface area (Å²) in [4.78, 5) is 24.9. The third-order valence-electron chi connectivity index (χ3n) is 4.88. The first-order valence-electron chi connectivity index (χ1n) is 8.49. The molecule has 26 heavy (non-hydrogen) atoms. The van der Waals surface area contributed by atoms with E-state index in [1.54, 1.807) is 24.3 Å². The van der Waals surface area contributed by atoms with Crippen LogP contribution in [-0.2, 0) is 13.6 Å². The number of piperidine rings is 1. The lowest BCUT2D eigenvalue weighted by Gasteiger charge is -2.46. The molecule has 1 aliphatic rings. The summed E-state index contributed by atoms with van der Waals surface area (Å²) in [7, 11) is 1.37. The first-order chi connectivity index (χ1) is 12.4. The standard InChI is InChI=1S/C18H21N5O3/c1-21-17(24)9-16(23(26)8-4-7-15(20)12-23)22(18(21)25)11-14-6-3-2-5-13(14)10-19/h2-3,5-6,9,15H,4,7-8,11-12,20H2,1H3/t15-,23?/m1/s1. The molecule has 8 nitrogen and oxygen atoms in total. The quantitative estimate of drug-likeness (QED) is 0.631. The minimum atomic E-state index is -0.804. The molecule has 3 rings (SSSR count). The van der Waals surface area contributed by atoms with Gasteiger partial charge >= 0.3 is 5.69 Å². The van der Waals surface area contributed by atoms with Gasteiger partial charge in [-0.1, -0.05) is 18.2 Å². The molecule has 0 spiro atoms. The van der Waals surface area contributed by atoms with E-state index in [-0.39, 0.29) is 31.5 Å². The molecular weight excluding hydrogens is 334 g/mol. The molecule has 1 fully saturated rings. The maximum atomic E-state index is 13.4. The van der Waals surface area contributed by atoms with Crippen molar-refractivity contribution in [2.24, 2.45) is 12.8 Å². The van der Waals surface area contributed by atoms with Gasteiger partial charge in [0.1, 0.15) is 0 Å². The second kappa shape index (κ2) is 6.88. The molecule has 2 atom stereocenters. The van der Waals surface area contributed by atoms with Crippen LogP contribution in [-0.4, -0.2) is 28.3 Å². The molecule has 1 saturated heterocycles. The van der Waals surface area contributed by atoms with Crippen LogP contribution >= 0.6 is 0 Å². The fraction of sp³-hybridized carbons (Fsp3) is 0.389. The molecule has 8 heteroatoms. The van der Waals surface area contributed by atoms with Crippen molar-refractivity contribution in [3.8, 4) is 6.07 Å². The van der Waals surface area contributed by atoms with Crippen LogP contribution in [0.15, 0.2) is 39.9 Å². The van der Waals surface area contributed by atoms with Gasteiger partial charge in [0.2, 0.25) is 5.82 Å². The van der Waals surface area contributed by atoms with Crippen molar-refractivity contribution in [2.75, 3.05) is 13.1 Å². The van der Waals surface area contributed by atoms with Crippen LogP contribution in [0.4, 0.5) is 5.82 Å². The minimum absolute atomic E-state index is 0.0451. The number of benzene rings is 1. The summed E-state index contributed by atoms with van der Waals surface area (Å²) in [6.45, 7) is 0.427. The largest absolute Gasteiger partial charge is 0.626 e. The van der Waals surface area contributed by atoms with Crippen LogP contribution in [0.25, 0.3) is 0 Å². The van der Waals surface area contributed by atoms with Crippen LogP contribution in [0.1, 0.15) is 24.0 Å². The Morgan fingerprint density at radius 1 is 1.38 bits per heavy atom. The molecule has 2 N–H and O–H groups in total. The summed E-state index contributed by atoms with van der Waals surface area (Å²) in [5.41, 5.74) is 5.91. The van der Waals surface area contributed by atoms with Crippen LogP contribution in [0.3, 0.4) is 0 Å². The lowest BCUT2D eigenvalue weighted by atomic mass is 10.1. The zero-order valence-electron chi connectivity index (χ0n) is 14.6. The number of quaternary nitrogens is 1. The maximum absolute atomic E-state index is 13.4. The maximum Gasteiger partial charge on any atom is 0.335 e. The van der Waals surface area contributed by atoms with Crippen LogP contribution in [0.2, 0.25) is 0 Å². The monoisotopic (exact) mass is 355 g/mol. The Kier molecular flexibility index (Phi) is 4.78. The molecule has 2 heterocycles. The van der Waals surface area contributed by atoms with Gasteiger partial charge in [-0.25, -0.2) is 9.36 Å². The van der Waals surface area contributed by atoms with Gasteiger partial charge < -0.3 is 15.6 Å². The van der Waals surface area contributed by atoms with E-state index in [9.17, 15) is 20.1 Å². The number of nitrogens with zero attached hydrogens (tertiary/aromatic N) is 4. The number of nitriles is 1. The van der Waals surface area contributed by atoms with Gasteiger partial charge in [0, 0.05) is 7.05 Å². The van der Waals surface area contributed by atoms with E-state index in [4.69, 9.17) is 5.73 Å². The second-order valence-corrected chi connectivity index (χ2v) is 6.74. The Morgan fingerprint density at radius 3 is 2.81 bits per heavy atom. The highest BCUT2D eigenvalue weighted by atomic mass is 16.5. The molecule has 1 aromatic heterocycles. The highest BCUT2D eigenvalue weighted by Crippen LogP contribution is 2.26. The average molecular weight is 355 g/mol. The minimum Gasteiger partial charge on any atom is -0.626 e. The van der Waals surface area contributed by atoms with Crippen molar-refractivity contribution in [3.63, 3.8) is 0 Å². The van der Waals surface area contributed by atoms with Crippen LogP contribution in [0, 0.1) is 16.5 Å². The van der Waals surface area contributed by atoms with Crippen molar-refractivity contribution in [2.45, 2.75) is 25.4 Å². The molecule has 2 aromatic rings. The van der Waals surface area contributed by atoms with E-state index in [1.807, 2.05) is 0 Å². The summed E-state index contributed by atoms with van der Waals surface area (Å²) in [5.74, 6) is 0.0981. The normalized spacial score (nSPS) is 22.8. The number of aromatic nitrogens is 2. The average Bonchev–Trinajstić information content (AvgIpc) is 2.62. The summed E-state index contributed by atoms with van der Waals surface area (Å²) >= 11 is 0. The molecule has 1 aliphatic heterocycles. The molecule has 1 unspecified atom stereocenters. The predicted molar refractivity (Wildman–Crippen MR) is 98.3 cm³/mol. The van der Waals surface area contributed by atoms with E-state index in [0.29, 0.717) is 17.5 Å². The lowest BCUT2D eigenvalue weighted by molar-refractivity contribution is 0.264. The molecule has 0 aliphatic carbocycles. The van der Waals surface area contributed by atoms with Gasteiger partial charge in [0.15, 0.2) is 0 Å². The lowest BCUT2D eigenvalue weighted by Crippen LogP contribution is -2.58. The van der Waals surface area contributed by atoms with Gasteiger partial charge in [0.25, 0.3) is 5.56 Å². The number of rotatable bonds is 3.